The number of ether oxygens (including phenoxy) is 3. The van der Waals surface area contributed by atoms with Gasteiger partial charge in [0.15, 0.2) is 5.60 Å². The predicted octanol–water partition coefficient (Wildman–Crippen LogP) is 3.64. The minimum Gasteiger partial charge on any atom is -0.469 e. The second-order valence-electron chi connectivity index (χ2n) is 9.69. The molecule has 2 bridgehead atoms. The van der Waals surface area contributed by atoms with Crippen molar-refractivity contribution in [2.24, 2.45) is 17.8 Å². The zero-order valence-corrected chi connectivity index (χ0v) is 17.0. The van der Waals surface area contributed by atoms with Crippen LogP contribution >= 0.6 is 0 Å². The van der Waals surface area contributed by atoms with Crippen LogP contribution in [0.2, 0.25) is 0 Å². The Kier molecular flexibility index (Phi) is 4.29. The van der Waals surface area contributed by atoms with Crippen LogP contribution in [-0.4, -0.2) is 35.4 Å². The van der Waals surface area contributed by atoms with Crippen molar-refractivity contribution < 1.29 is 28.8 Å². The lowest BCUT2D eigenvalue weighted by Gasteiger charge is -2.58. The highest BCUT2D eigenvalue weighted by atomic mass is 17.3. The van der Waals surface area contributed by atoms with Crippen LogP contribution in [0.3, 0.4) is 0 Å². The molecule has 0 aromatic carbocycles. The predicted molar refractivity (Wildman–Crippen MR) is 96.2 cm³/mol. The molecule has 1 amide bonds. The molecular weight excluding hydrogens is 350 g/mol. The molecule has 7 nitrogen and oxygen atoms in total. The lowest BCUT2D eigenvalue weighted by Crippen LogP contribution is -2.70. The van der Waals surface area contributed by atoms with Crippen molar-refractivity contribution in [3.63, 3.8) is 0 Å². The van der Waals surface area contributed by atoms with Gasteiger partial charge >= 0.3 is 6.09 Å². The molecule has 3 saturated heterocycles. The fourth-order valence-corrected chi connectivity index (χ4v) is 5.34. The number of hydrogen-bond donors (Lipinski definition) is 1. The molecule has 1 aliphatic carbocycles. The van der Waals surface area contributed by atoms with Crippen molar-refractivity contribution in [3.05, 3.63) is 11.8 Å². The Morgan fingerprint density at radius 3 is 2.78 bits per heavy atom. The van der Waals surface area contributed by atoms with Crippen molar-refractivity contribution in [3.8, 4) is 0 Å². The van der Waals surface area contributed by atoms with Gasteiger partial charge in [0, 0.05) is 24.3 Å². The van der Waals surface area contributed by atoms with Crippen LogP contribution in [-0.2, 0) is 24.0 Å². The number of alkyl carbamates (subject to hydrolysis) is 1. The van der Waals surface area contributed by atoms with Gasteiger partial charge in [-0.2, -0.15) is 0 Å². The van der Waals surface area contributed by atoms with Gasteiger partial charge < -0.3 is 19.5 Å². The van der Waals surface area contributed by atoms with Crippen LogP contribution in [0.15, 0.2) is 11.8 Å². The molecule has 0 unspecified atom stereocenters. The van der Waals surface area contributed by atoms with Crippen LogP contribution in [0, 0.1) is 17.8 Å². The Hall–Kier alpha value is -1.31. The molecule has 4 fully saturated rings. The first-order chi connectivity index (χ1) is 12.5. The number of rotatable bonds is 1. The molecule has 27 heavy (non-hydrogen) atoms. The van der Waals surface area contributed by atoms with Crippen molar-refractivity contribution in [2.45, 2.75) is 90.1 Å². The van der Waals surface area contributed by atoms with Crippen LogP contribution in [0.25, 0.3) is 0 Å². The third-order valence-electron chi connectivity index (χ3n) is 6.35. The molecule has 1 spiro atoms. The summed E-state index contributed by atoms with van der Waals surface area (Å²) in [6.45, 7) is 11.7. The lowest BCUT2D eigenvalue weighted by atomic mass is 9.58. The fourth-order valence-electron chi connectivity index (χ4n) is 5.34. The first kappa shape index (κ1) is 19.0. The van der Waals surface area contributed by atoms with Gasteiger partial charge in [-0.05, 0) is 59.0 Å². The van der Waals surface area contributed by atoms with Crippen molar-refractivity contribution in [2.75, 3.05) is 0 Å². The minimum absolute atomic E-state index is 0.104. The third kappa shape index (κ3) is 3.04. The van der Waals surface area contributed by atoms with E-state index in [0.717, 1.165) is 24.8 Å². The second-order valence-corrected chi connectivity index (χ2v) is 9.69. The molecule has 7 heteroatoms. The summed E-state index contributed by atoms with van der Waals surface area (Å²) in [4.78, 5) is 24.4. The van der Waals surface area contributed by atoms with E-state index in [1.165, 1.54) is 0 Å². The number of amides is 1. The first-order valence-corrected chi connectivity index (χ1v) is 9.90. The summed E-state index contributed by atoms with van der Waals surface area (Å²) in [6, 6.07) is -0.150. The van der Waals surface area contributed by atoms with Gasteiger partial charge in [-0.3, -0.25) is 0 Å². The smallest absolute Gasteiger partial charge is 0.407 e. The second kappa shape index (κ2) is 6.09. The summed E-state index contributed by atoms with van der Waals surface area (Å²) in [6.07, 6.45) is 3.30. The Morgan fingerprint density at radius 2 is 2.07 bits per heavy atom. The number of carbonyl (C=O) groups is 1. The summed E-state index contributed by atoms with van der Waals surface area (Å²) in [5.74, 6) is -0.374. The normalized spacial score (nSPS) is 45.9. The summed E-state index contributed by atoms with van der Waals surface area (Å²) >= 11 is 0. The molecule has 4 heterocycles. The first-order valence-electron chi connectivity index (χ1n) is 9.90. The van der Waals surface area contributed by atoms with E-state index in [-0.39, 0.29) is 17.9 Å². The van der Waals surface area contributed by atoms with E-state index in [4.69, 9.17) is 24.0 Å². The van der Waals surface area contributed by atoms with E-state index in [1.807, 2.05) is 34.6 Å². The molecule has 5 aliphatic rings. The minimum atomic E-state index is -0.801. The molecule has 0 aromatic heterocycles. The molecule has 7 atom stereocenters. The molecule has 152 valence electrons. The van der Waals surface area contributed by atoms with Gasteiger partial charge in [-0.25, -0.2) is 14.6 Å². The maximum Gasteiger partial charge on any atom is 0.407 e. The van der Waals surface area contributed by atoms with Gasteiger partial charge in [-0.1, -0.05) is 6.92 Å². The SMILES string of the molecule is CC1=CO[C@@H]2O[C@@]3(C)CC[C@H]4[C@H](C)C[C@H](NC(=O)OC(C)(C)C)[C@@H]1[C@@]24OO3. The quantitative estimate of drug-likeness (QED) is 0.699. The summed E-state index contributed by atoms with van der Waals surface area (Å²) < 4.78 is 17.6. The summed E-state index contributed by atoms with van der Waals surface area (Å²) in [7, 11) is 0. The van der Waals surface area contributed by atoms with Crippen LogP contribution < -0.4 is 5.32 Å². The van der Waals surface area contributed by atoms with Gasteiger partial charge in [0.05, 0.1) is 6.26 Å². The molecule has 0 aromatic rings. The zero-order valence-electron chi connectivity index (χ0n) is 17.0. The van der Waals surface area contributed by atoms with E-state index in [0.29, 0.717) is 5.92 Å². The van der Waals surface area contributed by atoms with Crippen LogP contribution in [0.1, 0.15) is 60.8 Å². The van der Waals surface area contributed by atoms with Crippen LogP contribution in [0.5, 0.6) is 0 Å². The molecule has 1 N–H and O–H groups in total. The number of hydrogen-bond acceptors (Lipinski definition) is 6. The average Bonchev–Trinajstić information content (AvgIpc) is 2.75. The lowest BCUT2D eigenvalue weighted by molar-refractivity contribution is -0.555. The summed E-state index contributed by atoms with van der Waals surface area (Å²) in [5.41, 5.74) is -0.306. The van der Waals surface area contributed by atoms with Gasteiger partial charge in [0.1, 0.15) is 5.60 Å². The number of nitrogens with one attached hydrogen (secondary N) is 1. The average molecular weight is 381 g/mol. The number of fused-ring (bicyclic) bond motifs is 2. The Bertz CT molecular complexity index is 657. The van der Waals surface area contributed by atoms with Crippen molar-refractivity contribution in [1.82, 2.24) is 5.32 Å². The molecule has 1 saturated carbocycles. The third-order valence-corrected chi connectivity index (χ3v) is 6.35. The zero-order chi connectivity index (χ0) is 19.6. The Balaban J connectivity index is 1.68. The molecule has 4 aliphatic heterocycles. The van der Waals surface area contributed by atoms with Crippen molar-refractivity contribution in [1.29, 1.82) is 0 Å². The summed E-state index contributed by atoms with van der Waals surface area (Å²) in [5, 5.41) is 3.08. The van der Waals surface area contributed by atoms with E-state index in [2.05, 4.69) is 12.2 Å². The largest absolute Gasteiger partial charge is 0.469 e. The highest BCUT2D eigenvalue weighted by Gasteiger charge is 2.69. The Labute approximate surface area is 160 Å². The monoisotopic (exact) mass is 381 g/mol. The van der Waals surface area contributed by atoms with E-state index < -0.39 is 29.4 Å². The van der Waals surface area contributed by atoms with E-state index in [1.54, 1.807) is 6.26 Å². The molecular formula is C20H31NO6. The maximum atomic E-state index is 12.5. The standard InChI is InChI=1S/C20H31NO6/c1-11-9-14(21-17(22)25-18(3,4)5)15-12(2)10-23-16-20(15)13(11)7-8-19(6,24-16)26-27-20/h10-11,13-16H,7-9H2,1-6H3,(H,21,22)/t11-,13+,14+,15-,16-,19-,20-/m1/s1. The van der Waals surface area contributed by atoms with E-state index >= 15 is 0 Å². The van der Waals surface area contributed by atoms with E-state index in [9.17, 15) is 4.79 Å². The van der Waals surface area contributed by atoms with Crippen LogP contribution in [0.4, 0.5) is 4.79 Å². The molecule has 5 rings (SSSR count). The van der Waals surface area contributed by atoms with Gasteiger partial charge in [0.2, 0.25) is 12.1 Å². The highest BCUT2D eigenvalue weighted by molar-refractivity contribution is 5.68. The van der Waals surface area contributed by atoms with Gasteiger partial charge in [-0.15, -0.1) is 0 Å². The topological polar surface area (TPSA) is 75.3 Å². The van der Waals surface area contributed by atoms with Crippen molar-refractivity contribution >= 4 is 6.09 Å². The Morgan fingerprint density at radius 1 is 1.33 bits per heavy atom. The fraction of sp³-hybridized carbons (Fsp3) is 0.850. The molecule has 0 radical (unpaired) electrons. The van der Waals surface area contributed by atoms with Gasteiger partial charge in [0.25, 0.3) is 0 Å². The highest BCUT2D eigenvalue weighted by Crippen LogP contribution is 2.59. The number of carbonyl (C=O) groups excluding carboxylic acids is 1. The maximum absolute atomic E-state index is 12.5.